The van der Waals surface area contributed by atoms with E-state index in [-0.39, 0.29) is 18.4 Å². The summed E-state index contributed by atoms with van der Waals surface area (Å²) in [6.45, 7) is 2.92. The number of fused-ring (bicyclic) bond motifs is 1. The monoisotopic (exact) mass is 454 g/mol. The summed E-state index contributed by atoms with van der Waals surface area (Å²) >= 11 is 0. The second-order valence-electron chi connectivity index (χ2n) is 8.27. The van der Waals surface area contributed by atoms with Gasteiger partial charge in [0.1, 0.15) is 25.0 Å². The van der Waals surface area contributed by atoms with Crippen molar-refractivity contribution in [2.24, 2.45) is 0 Å². The van der Waals surface area contributed by atoms with Gasteiger partial charge in [-0.15, -0.1) is 0 Å². The first kappa shape index (κ1) is 22.7. The molecule has 2 aromatic carbocycles. The number of methoxy groups -OCH3 is 1. The van der Waals surface area contributed by atoms with Crippen LogP contribution in [0.3, 0.4) is 0 Å². The van der Waals surface area contributed by atoms with Crippen LogP contribution >= 0.6 is 0 Å². The Morgan fingerprint density at radius 1 is 1.06 bits per heavy atom. The molecule has 1 fully saturated rings. The predicted molar refractivity (Wildman–Crippen MR) is 125 cm³/mol. The molecule has 9 heteroatoms. The first-order chi connectivity index (χ1) is 15.9. The third kappa shape index (κ3) is 5.31. The zero-order valence-electron chi connectivity index (χ0n) is 19.2. The number of hydrogen-bond donors (Lipinski definition) is 1. The zero-order chi connectivity index (χ0) is 23.4. The van der Waals surface area contributed by atoms with Gasteiger partial charge in [-0.25, -0.2) is 0 Å². The molecule has 1 unspecified atom stereocenters. The van der Waals surface area contributed by atoms with E-state index in [2.05, 4.69) is 10.2 Å². The molecule has 176 valence electrons. The van der Waals surface area contributed by atoms with Gasteiger partial charge in [-0.05, 0) is 36.4 Å². The van der Waals surface area contributed by atoms with Crippen molar-refractivity contribution in [1.29, 1.82) is 0 Å². The van der Waals surface area contributed by atoms with Gasteiger partial charge in [0, 0.05) is 51.2 Å². The second kappa shape index (κ2) is 9.99. The van der Waals surface area contributed by atoms with Crippen LogP contribution in [0.4, 0.5) is 11.4 Å². The van der Waals surface area contributed by atoms with Gasteiger partial charge < -0.3 is 29.3 Å². The Morgan fingerprint density at radius 2 is 1.79 bits per heavy atom. The highest BCUT2D eigenvalue weighted by Gasteiger charge is 2.34. The number of carbonyl (C=O) groups is 2. The maximum atomic E-state index is 13.0. The smallest absolute Gasteiger partial charge is 0.241 e. The Balaban J connectivity index is 1.43. The topological polar surface area (TPSA) is 83.6 Å². The number of ether oxygens (including phenoxy) is 3. The number of nitrogens with one attached hydrogen (secondary N) is 1. The molecule has 2 amide bonds. The number of benzene rings is 2. The van der Waals surface area contributed by atoms with Crippen LogP contribution in [0.1, 0.15) is 0 Å². The normalized spacial score (nSPS) is 17.9. The van der Waals surface area contributed by atoms with Crippen molar-refractivity contribution in [1.82, 2.24) is 9.80 Å². The molecule has 1 N–H and O–H groups in total. The third-order valence-corrected chi connectivity index (χ3v) is 5.83. The Hall–Kier alpha value is -3.46. The molecule has 0 spiro atoms. The van der Waals surface area contributed by atoms with E-state index in [1.54, 1.807) is 44.3 Å². The Morgan fingerprint density at radius 3 is 2.48 bits per heavy atom. The van der Waals surface area contributed by atoms with Gasteiger partial charge in [-0.1, -0.05) is 0 Å². The summed E-state index contributed by atoms with van der Waals surface area (Å²) in [6, 6.07) is 12.7. The van der Waals surface area contributed by atoms with Crippen LogP contribution in [0.2, 0.25) is 0 Å². The summed E-state index contributed by atoms with van der Waals surface area (Å²) in [5.41, 5.74) is 1.66. The fraction of sp³-hybridized carbons (Fsp3) is 0.417. The number of likely N-dealkylation sites (N-methyl/N-ethyl adjacent to an activating group) is 1. The van der Waals surface area contributed by atoms with Gasteiger partial charge in [0.2, 0.25) is 11.8 Å². The molecule has 33 heavy (non-hydrogen) atoms. The lowest BCUT2D eigenvalue weighted by Gasteiger charge is -2.42. The van der Waals surface area contributed by atoms with Gasteiger partial charge in [-0.2, -0.15) is 0 Å². The van der Waals surface area contributed by atoms with E-state index in [4.69, 9.17) is 14.2 Å². The lowest BCUT2D eigenvalue weighted by molar-refractivity contribution is -0.135. The van der Waals surface area contributed by atoms with Crippen LogP contribution in [0.5, 0.6) is 17.2 Å². The third-order valence-electron chi connectivity index (χ3n) is 5.83. The van der Waals surface area contributed by atoms with Crippen molar-refractivity contribution < 1.29 is 23.8 Å². The summed E-state index contributed by atoms with van der Waals surface area (Å²) in [4.78, 5) is 31.5. The Labute approximate surface area is 193 Å². The summed E-state index contributed by atoms with van der Waals surface area (Å²) in [6.07, 6.45) is 0. The highest BCUT2D eigenvalue weighted by molar-refractivity contribution is 5.93. The van der Waals surface area contributed by atoms with Crippen LogP contribution in [-0.4, -0.2) is 88.3 Å². The second-order valence-corrected chi connectivity index (χ2v) is 8.27. The van der Waals surface area contributed by atoms with Gasteiger partial charge in [0.05, 0.1) is 13.7 Å². The first-order valence-electron chi connectivity index (χ1n) is 11.0. The van der Waals surface area contributed by atoms with Gasteiger partial charge >= 0.3 is 0 Å². The minimum absolute atomic E-state index is 0.0275. The summed E-state index contributed by atoms with van der Waals surface area (Å²) < 4.78 is 16.4. The number of piperazine rings is 1. The average Bonchev–Trinajstić information content (AvgIpc) is 2.83. The largest absolute Gasteiger partial charge is 0.497 e. The zero-order valence-corrected chi connectivity index (χ0v) is 19.2. The minimum Gasteiger partial charge on any atom is -0.497 e. The standard InChI is InChI=1S/C24H30N4O5/c1-26(2)24(30)20-15-27(18-5-7-19(31-3)8-6-18)10-11-28(20)16-23(29)25-17-4-9-21-22(14-17)33-13-12-32-21/h4-9,14,20H,10-13,15-16H2,1-3H3,(H,25,29). The summed E-state index contributed by atoms with van der Waals surface area (Å²) in [5.74, 6) is 1.87. The highest BCUT2D eigenvalue weighted by atomic mass is 16.6. The van der Waals surface area contributed by atoms with E-state index in [1.807, 2.05) is 29.2 Å². The molecular formula is C24H30N4O5. The molecule has 9 nitrogen and oxygen atoms in total. The fourth-order valence-electron chi connectivity index (χ4n) is 4.08. The van der Waals surface area contributed by atoms with Crippen molar-refractivity contribution in [2.75, 3.05) is 70.8 Å². The van der Waals surface area contributed by atoms with Crippen molar-refractivity contribution >= 4 is 23.2 Å². The quantitative estimate of drug-likeness (QED) is 0.711. The maximum absolute atomic E-state index is 13.0. The first-order valence-corrected chi connectivity index (χ1v) is 11.0. The van der Waals surface area contributed by atoms with Crippen LogP contribution in [0.25, 0.3) is 0 Å². The van der Waals surface area contributed by atoms with E-state index in [9.17, 15) is 9.59 Å². The van der Waals surface area contributed by atoms with Crippen LogP contribution < -0.4 is 24.4 Å². The highest BCUT2D eigenvalue weighted by Crippen LogP contribution is 2.32. The number of amides is 2. The fourth-order valence-corrected chi connectivity index (χ4v) is 4.08. The van der Waals surface area contributed by atoms with Crippen LogP contribution in [-0.2, 0) is 9.59 Å². The molecule has 2 aliphatic heterocycles. The summed E-state index contributed by atoms with van der Waals surface area (Å²) in [5, 5.41) is 2.92. The molecule has 0 saturated carbocycles. The van der Waals surface area contributed by atoms with Gasteiger partial charge in [0.25, 0.3) is 0 Å². The van der Waals surface area contributed by atoms with Crippen LogP contribution in [0.15, 0.2) is 42.5 Å². The Kier molecular flexibility index (Phi) is 6.88. The minimum atomic E-state index is -0.429. The number of anilines is 2. The molecule has 0 aliphatic carbocycles. The van der Waals surface area contributed by atoms with E-state index in [0.29, 0.717) is 50.0 Å². The summed E-state index contributed by atoms with van der Waals surface area (Å²) in [7, 11) is 5.11. The molecule has 1 saturated heterocycles. The predicted octanol–water partition coefficient (Wildman–Crippen LogP) is 1.68. The lowest BCUT2D eigenvalue weighted by atomic mass is 10.1. The van der Waals surface area contributed by atoms with E-state index >= 15 is 0 Å². The van der Waals surface area contributed by atoms with E-state index in [1.165, 1.54) is 0 Å². The van der Waals surface area contributed by atoms with Crippen molar-refractivity contribution in [2.45, 2.75) is 6.04 Å². The lowest BCUT2D eigenvalue weighted by Crippen LogP contribution is -2.60. The molecule has 2 aliphatic rings. The molecule has 1 atom stereocenters. The number of carbonyl (C=O) groups excluding carboxylic acids is 2. The van der Waals surface area contributed by atoms with E-state index < -0.39 is 6.04 Å². The average molecular weight is 455 g/mol. The molecule has 4 rings (SSSR count). The van der Waals surface area contributed by atoms with E-state index in [0.717, 1.165) is 11.4 Å². The van der Waals surface area contributed by atoms with Gasteiger partial charge in [0.15, 0.2) is 11.5 Å². The molecule has 0 bridgehead atoms. The number of nitrogens with zero attached hydrogens (tertiary/aromatic N) is 3. The molecule has 0 aromatic heterocycles. The molecule has 2 aromatic rings. The van der Waals surface area contributed by atoms with Crippen molar-refractivity contribution in [3.8, 4) is 17.2 Å². The molecular weight excluding hydrogens is 424 g/mol. The maximum Gasteiger partial charge on any atom is 0.241 e. The Bertz CT molecular complexity index is 995. The number of hydrogen-bond acceptors (Lipinski definition) is 7. The molecule has 0 radical (unpaired) electrons. The number of rotatable bonds is 6. The van der Waals surface area contributed by atoms with Crippen molar-refractivity contribution in [3.05, 3.63) is 42.5 Å². The molecule has 2 heterocycles. The van der Waals surface area contributed by atoms with Crippen LogP contribution in [0, 0.1) is 0 Å². The van der Waals surface area contributed by atoms with Crippen molar-refractivity contribution in [3.63, 3.8) is 0 Å². The SMILES string of the molecule is COc1ccc(N2CCN(CC(=O)Nc3ccc4c(c3)OCCO4)C(C(=O)N(C)C)C2)cc1. The van der Waals surface area contributed by atoms with Gasteiger partial charge in [-0.3, -0.25) is 14.5 Å².